The fraction of sp³-hybridized carbons (Fsp3) is 0.538. The van der Waals surface area contributed by atoms with Gasteiger partial charge in [-0.3, -0.25) is 0 Å². The van der Waals surface area contributed by atoms with E-state index < -0.39 is 11.6 Å². The van der Waals surface area contributed by atoms with Crippen LogP contribution < -0.4 is 10.1 Å². The highest BCUT2D eigenvalue weighted by Crippen LogP contribution is 2.23. The number of nitrogens with one attached hydrogen (secondary N) is 1. The Morgan fingerprint density at radius 3 is 2.28 bits per heavy atom. The zero-order chi connectivity index (χ0) is 13.5. The van der Waals surface area contributed by atoms with E-state index in [1.54, 1.807) is 0 Å². The molecule has 0 spiro atoms. The second-order valence-electron chi connectivity index (χ2n) is 4.27. The van der Waals surface area contributed by atoms with E-state index in [4.69, 9.17) is 9.47 Å². The van der Waals surface area contributed by atoms with Crippen LogP contribution in [-0.4, -0.2) is 26.4 Å². The lowest BCUT2D eigenvalue weighted by molar-refractivity contribution is 0.141. The second-order valence-corrected chi connectivity index (χ2v) is 4.27. The minimum absolute atomic E-state index is 0.119. The summed E-state index contributed by atoms with van der Waals surface area (Å²) in [5.74, 6) is -1.72. The van der Waals surface area contributed by atoms with Gasteiger partial charge in [0.05, 0.1) is 6.61 Å². The Balaban J connectivity index is 2.71. The molecule has 1 aromatic rings. The average Bonchev–Trinajstić information content (AvgIpc) is 2.30. The molecule has 102 valence electrons. The van der Waals surface area contributed by atoms with E-state index >= 15 is 0 Å². The van der Waals surface area contributed by atoms with Gasteiger partial charge in [-0.1, -0.05) is 13.8 Å². The number of rotatable bonds is 7. The van der Waals surface area contributed by atoms with Gasteiger partial charge in [0.1, 0.15) is 6.61 Å². The molecule has 1 rings (SSSR count). The quantitative estimate of drug-likeness (QED) is 0.763. The van der Waals surface area contributed by atoms with Crippen molar-refractivity contribution in [1.82, 2.24) is 5.32 Å². The van der Waals surface area contributed by atoms with Crippen LogP contribution in [0.25, 0.3) is 0 Å². The van der Waals surface area contributed by atoms with Gasteiger partial charge in [0.15, 0.2) is 17.4 Å². The van der Waals surface area contributed by atoms with E-state index in [2.05, 4.69) is 5.32 Å². The average molecular weight is 259 g/mol. The van der Waals surface area contributed by atoms with Gasteiger partial charge in [0.25, 0.3) is 0 Å². The van der Waals surface area contributed by atoms with Crippen molar-refractivity contribution in [2.75, 3.05) is 20.3 Å². The molecule has 0 saturated heterocycles. The van der Waals surface area contributed by atoms with Crippen LogP contribution in [0, 0.1) is 11.6 Å². The van der Waals surface area contributed by atoms with E-state index in [9.17, 15) is 8.78 Å². The van der Waals surface area contributed by atoms with Crippen LogP contribution >= 0.6 is 0 Å². The van der Waals surface area contributed by atoms with Crippen molar-refractivity contribution in [3.8, 4) is 5.75 Å². The summed E-state index contributed by atoms with van der Waals surface area (Å²) in [5.41, 5.74) is 0.554. The predicted octanol–water partition coefficient (Wildman–Crippen LogP) is 2.49. The Bertz CT molecular complexity index is 360. The van der Waals surface area contributed by atoms with E-state index in [1.165, 1.54) is 19.2 Å². The minimum Gasteiger partial charge on any atom is -0.485 e. The van der Waals surface area contributed by atoms with E-state index in [0.717, 1.165) is 0 Å². The third-order valence-corrected chi connectivity index (χ3v) is 2.31. The zero-order valence-corrected chi connectivity index (χ0v) is 10.9. The molecule has 0 atom stereocenters. The molecule has 0 aliphatic heterocycles. The Labute approximate surface area is 106 Å². The molecule has 0 heterocycles. The minimum atomic E-state index is -0.688. The maximum absolute atomic E-state index is 13.6. The van der Waals surface area contributed by atoms with Crippen LogP contribution in [0.5, 0.6) is 5.75 Å². The third kappa shape index (κ3) is 4.58. The van der Waals surface area contributed by atoms with Crippen LogP contribution in [0.15, 0.2) is 12.1 Å². The monoisotopic (exact) mass is 259 g/mol. The van der Waals surface area contributed by atoms with Crippen LogP contribution in [0.2, 0.25) is 0 Å². The summed E-state index contributed by atoms with van der Waals surface area (Å²) in [6.45, 7) is 4.76. The molecule has 0 unspecified atom stereocenters. The Morgan fingerprint density at radius 1 is 1.17 bits per heavy atom. The van der Waals surface area contributed by atoms with Crippen molar-refractivity contribution >= 4 is 0 Å². The lowest BCUT2D eigenvalue weighted by Crippen LogP contribution is -2.22. The molecule has 0 aliphatic carbocycles. The number of benzene rings is 1. The van der Waals surface area contributed by atoms with E-state index in [0.29, 0.717) is 12.1 Å². The number of methoxy groups -OCH3 is 1. The first kappa shape index (κ1) is 14.9. The summed E-state index contributed by atoms with van der Waals surface area (Å²) >= 11 is 0. The number of ether oxygens (including phenoxy) is 2. The normalized spacial score (nSPS) is 11.0. The SMILES string of the molecule is COCCOc1c(F)cc(CNC(C)C)cc1F. The summed E-state index contributed by atoms with van der Waals surface area (Å²) in [7, 11) is 1.50. The maximum atomic E-state index is 13.6. The first-order chi connectivity index (χ1) is 8.54. The molecule has 0 aromatic heterocycles. The zero-order valence-electron chi connectivity index (χ0n) is 10.9. The van der Waals surface area contributed by atoms with E-state index in [1.807, 2.05) is 13.8 Å². The van der Waals surface area contributed by atoms with Crippen molar-refractivity contribution in [2.24, 2.45) is 0 Å². The lowest BCUT2D eigenvalue weighted by Gasteiger charge is -2.11. The highest BCUT2D eigenvalue weighted by molar-refractivity contribution is 5.31. The molecule has 3 nitrogen and oxygen atoms in total. The number of hydrogen-bond donors (Lipinski definition) is 1. The smallest absolute Gasteiger partial charge is 0.190 e. The van der Waals surface area contributed by atoms with Crippen LogP contribution in [0.1, 0.15) is 19.4 Å². The van der Waals surface area contributed by atoms with Gasteiger partial charge in [-0.25, -0.2) is 8.78 Å². The molecule has 1 N–H and O–H groups in total. The third-order valence-electron chi connectivity index (χ3n) is 2.31. The van der Waals surface area contributed by atoms with Crippen molar-refractivity contribution in [3.63, 3.8) is 0 Å². The van der Waals surface area contributed by atoms with Gasteiger partial charge >= 0.3 is 0 Å². The molecular formula is C13H19F2NO2. The summed E-state index contributed by atoms with van der Waals surface area (Å²) in [6, 6.07) is 2.81. The maximum Gasteiger partial charge on any atom is 0.190 e. The Kier molecular flexibility index (Phi) is 6.01. The topological polar surface area (TPSA) is 30.5 Å². The molecule has 5 heteroatoms. The fourth-order valence-corrected chi connectivity index (χ4v) is 1.40. The van der Waals surface area contributed by atoms with E-state index in [-0.39, 0.29) is 25.0 Å². The van der Waals surface area contributed by atoms with Gasteiger partial charge in [-0.05, 0) is 17.7 Å². The molecule has 0 radical (unpaired) electrons. The van der Waals surface area contributed by atoms with Gasteiger partial charge in [-0.2, -0.15) is 0 Å². The summed E-state index contributed by atoms with van der Waals surface area (Å²) < 4.78 is 37.0. The molecule has 18 heavy (non-hydrogen) atoms. The molecule has 0 amide bonds. The predicted molar refractivity (Wildman–Crippen MR) is 65.7 cm³/mol. The van der Waals surface area contributed by atoms with Gasteiger partial charge in [-0.15, -0.1) is 0 Å². The first-order valence-corrected chi connectivity index (χ1v) is 5.87. The standard InChI is InChI=1S/C13H19F2NO2/c1-9(2)16-8-10-6-11(14)13(12(15)7-10)18-5-4-17-3/h6-7,9,16H,4-5,8H2,1-3H3. The van der Waals surface area contributed by atoms with Gasteiger partial charge in [0.2, 0.25) is 0 Å². The molecular weight excluding hydrogens is 240 g/mol. The summed E-state index contributed by atoms with van der Waals surface area (Å²) in [4.78, 5) is 0. The number of hydrogen-bond acceptors (Lipinski definition) is 3. The fourth-order valence-electron chi connectivity index (χ4n) is 1.40. The molecule has 0 saturated carbocycles. The summed E-state index contributed by atoms with van der Waals surface area (Å²) in [5, 5.41) is 3.09. The largest absolute Gasteiger partial charge is 0.485 e. The Morgan fingerprint density at radius 2 is 1.78 bits per heavy atom. The van der Waals surface area contributed by atoms with Crippen molar-refractivity contribution in [2.45, 2.75) is 26.4 Å². The Hall–Kier alpha value is -1.20. The molecule has 0 aliphatic rings. The lowest BCUT2D eigenvalue weighted by atomic mass is 10.2. The highest BCUT2D eigenvalue weighted by Gasteiger charge is 2.12. The molecule has 1 aromatic carbocycles. The van der Waals surface area contributed by atoms with Crippen LogP contribution in [0.4, 0.5) is 8.78 Å². The molecule has 0 bridgehead atoms. The number of halogens is 2. The van der Waals surface area contributed by atoms with Gasteiger partial charge < -0.3 is 14.8 Å². The summed E-state index contributed by atoms with van der Waals surface area (Å²) in [6.07, 6.45) is 0. The van der Waals surface area contributed by atoms with Crippen molar-refractivity contribution < 1.29 is 18.3 Å². The highest BCUT2D eigenvalue weighted by atomic mass is 19.1. The van der Waals surface area contributed by atoms with Crippen molar-refractivity contribution in [3.05, 3.63) is 29.3 Å². The van der Waals surface area contributed by atoms with Crippen LogP contribution in [-0.2, 0) is 11.3 Å². The first-order valence-electron chi connectivity index (χ1n) is 5.87. The molecule has 0 fully saturated rings. The van der Waals surface area contributed by atoms with Crippen LogP contribution in [0.3, 0.4) is 0 Å². The van der Waals surface area contributed by atoms with Gasteiger partial charge in [0, 0.05) is 19.7 Å². The van der Waals surface area contributed by atoms with Crippen molar-refractivity contribution in [1.29, 1.82) is 0 Å². The second kappa shape index (κ2) is 7.28.